The van der Waals surface area contributed by atoms with Crippen molar-refractivity contribution in [1.29, 1.82) is 0 Å². The Kier molecular flexibility index (Phi) is 5.58. The molecule has 86 valence electrons. The molecule has 0 aromatic rings. The Labute approximate surface area is 87.0 Å². The summed E-state index contributed by atoms with van der Waals surface area (Å²) in [7, 11) is 0. The maximum Gasteiger partial charge on any atom is 0.378 e. The second kappa shape index (κ2) is 6.15. The molecule has 0 bridgehead atoms. The third-order valence-electron chi connectivity index (χ3n) is 1.46. The zero-order chi connectivity index (χ0) is 11.9. The van der Waals surface area contributed by atoms with Crippen molar-refractivity contribution in [1.82, 2.24) is 0 Å². The molecule has 0 radical (unpaired) electrons. The van der Waals surface area contributed by atoms with Crippen LogP contribution in [-0.2, 0) is 19.4 Å². The molecule has 0 aliphatic rings. The molecule has 0 amide bonds. The highest BCUT2D eigenvalue weighted by Crippen LogP contribution is 2.14. The third-order valence-corrected chi connectivity index (χ3v) is 1.46. The highest BCUT2D eigenvalue weighted by atomic mass is 17.2. The predicted molar refractivity (Wildman–Crippen MR) is 49.1 cm³/mol. The molecule has 0 fully saturated rings. The topological polar surface area (TPSA) is 93.1 Å². The van der Waals surface area contributed by atoms with Gasteiger partial charge in [0, 0.05) is 12.5 Å². The molecule has 15 heavy (non-hydrogen) atoms. The number of aliphatic hydroxyl groups is 2. The molecule has 0 unspecified atom stereocenters. The fourth-order valence-electron chi connectivity index (χ4n) is 0.871. The summed E-state index contributed by atoms with van der Waals surface area (Å²) in [5.41, 5.74) is 0. The lowest BCUT2D eigenvalue weighted by atomic mass is 10.1. The van der Waals surface area contributed by atoms with E-state index in [2.05, 4.69) is 16.4 Å². The Morgan fingerprint density at radius 1 is 1.40 bits per heavy atom. The molecule has 0 saturated heterocycles. The van der Waals surface area contributed by atoms with Gasteiger partial charge in [0.15, 0.2) is 5.79 Å². The van der Waals surface area contributed by atoms with Gasteiger partial charge in [-0.15, -0.1) is 0 Å². The van der Waals surface area contributed by atoms with Crippen LogP contribution < -0.4 is 0 Å². The molecular formula is C9H14O6. The van der Waals surface area contributed by atoms with E-state index >= 15 is 0 Å². The molecule has 0 aromatic heterocycles. The van der Waals surface area contributed by atoms with Crippen LogP contribution in [0.25, 0.3) is 0 Å². The van der Waals surface area contributed by atoms with Crippen LogP contribution in [0.2, 0.25) is 0 Å². The minimum Gasteiger partial charge on any atom is -0.365 e. The Morgan fingerprint density at radius 3 is 2.47 bits per heavy atom. The predicted octanol–water partition coefficient (Wildman–Crippen LogP) is 0.0449. The number of hydrogen-bond donors (Lipinski definition) is 2. The molecule has 6 nitrogen and oxygen atoms in total. The standard InChI is InChI=1S/C9H14O6/c1-3-5-9(12,13)6-8(11)15-14-7(10)4-2/h4,12-13H,2-3,5-6H2,1H3. The lowest BCUT2D eigenvalue weighted by Crippen LogP contribution is -2.32. The van der Waals surface area contributed by atoms with Crippen molar-refractivity contribution in [2.24, 2.45) is 0 Å². The van der Waals surface area contributed by atoms with Crippen molar-refractivity contribution in [3.05, 3.63) is 12.7 Å². The molecule has 0 rings (SSSR count). The van der Waals surface area contributed by atoms with Gasteiger partial charge in [-0.05, 0) is 0 Å². The molecule has 0 atom stereocenters. The minimum atomic E-state index is -2.13. The lowest BCUT2D eigenvalue weighted by molar-refractivity contribution is -0.264. The first-order valence-electron chi connectivity index (χ1n) is 4.40. The van der Waals surface area contributed by atoms with Crippen LogP contribution in [0.3, 0.4) is 0 Å². The van der Waals surface area contributed by atoms with Crippen molar-refractivity contribution >= 4 is 11.9 Å². The summed E-state index contributed by atoms with van der Waals surface area (Å²) in [5, 5.41) is 18.4. The number of carbonyl (C=O) groups is 2. The monoisotopic (exact) mass is 218 g/mol. The smallest absolute Gasteiger partial charge is 0.365 e. The fourth-order valence-corrected chi connectivity index (χ4v) is 0.871. The minimum absolute atomic E-state index is 0.0253. The first-order chi connectivity index (χ1) is 6.91. The van der Waals surface area contributed by atoms with Crippen LogP contribution in [0.15, 0.2) is 12.7 Å². The van der Waals surface area contributed by atoms with E-state index in [1.54, 1.807) is 6.92 Å². The lowest BCUT2D eigenvalue weighted by Gasteiger charge is -2.18. The molecule has 0 saturated carbocycles. The Bertz CT molecular complexity index is 245. The fraction of sp³-hybridized carbons (Fsp3) is 0.556. The first kappa shape index (κ1) is 13.6. The van der Waals surface area contributed by atoms with Gasteiger partial charge in [-0.25, -0.2) is 19.4 Å². The van der Waals surface area contributed by atoms with Gasteiger partial charge >= 0.3 is 11.9 Å². The molecular weight excluding hydrogens is 204 g/mol. The van der Waals surface area contributed by atoms with Gasteiger partial charge in [-0.3, -0.25) is 0 Å². The normalized spacial score (nSPS) is 10.6. The van der Waals surface area contributed by atoms with E-state index in [1.165, 1.54) is 0 Å². The Balaban J connectivity index is 3.92. The largest absolute Gasteiger partial charge is 0.378 e. The maximum absolute atomic E-state index is 10.9. The van der Waals surface area contributed by atoms with Crippen molar-refractivity contribution in [2.75, 3.05) is 0 Å². The maximum atomic E-state index is 10.9. The summed E-state index contributed by atoms with van der Waals surface area (Å²) in [5.74, 6) is -4.10. The summed E-state index contributed by atoms with van der Waals surface area (Å²) >= 11 is 0. The van der Waals surface area contributed by atoms with E-state index in [0.717, 1.165) is 6.08 Å². The molecule has 0 aromatic carbocycles. The first-order valence-corrected chi connectivity index (χ1v) is 4.40. The van der Waals surface area contributed by atoms with Gasteiger partial charge in [0.05, 0.1) is 0 Å². The van der Waals surface area contributed by atoms with Crippen molar-refractivity contribution in [3.63, 3.8) is 0 Å². The third kappa shape index (κ3) is 6.64. The van der Waals surface area contributed by atoms with E-state index in [9.17, 15) is 19.8 Å². The molecule has 0 aliphatic heterocycles. The van der Waals surface area contributed by atoms with E-state index in [1.807, 2.05) is 0 Å². The van der Waals surface area contributed by atoms with Gasteiger partial charge in [0.2, 0.25) is 0 Å². The van der Waals surface area contributed by atoms with Gasteiger partial charge < -0.3 is 10.2 Å². The van der Waals surface area contributed by atoms with Crippen LogP contribution in [0, 0.1) is 0 Å². The number of carbonyl (C=O) groups excluding carboxylic acids is 2. The van der Waals surface area contributed by atoms with Gasteiger partial charge in [0.1, 0.15) is 6.42 Å². The SMILES string of the molecule is C=CC(=O)OOC(=O)CC(O)(O)CCC. The summed E-state index contributed by atoms with van der Waals surface area (Å²) in [6.45, 7) is 4.80. The molecule has 0 aliphatic carbocycles. The van der Waals surface area contributed by atoms with E-state index in [-0.39, 0.29) is 6.42 Å². The summed E-state index contributed by atoms with van der Waals surface area (Å²) in [6.07, 6.45) is 0.667. The zero-order valence-corrected chi connectivity index (χ0v) is 8.43. The summed E-state index contributed by atoms with van der Waals surface area (Å²) in [6, 6.07) is 0. The zero-order valence-electron chi connectivity index (χ0n) is 8.43. The average Bonchev–Trinajstić information content (AvgIpc) is 2.13. The highest BCUT2D eigenvalue weighted by Gasteiger charge is 2.27. The van der Waals surface area contributed by atoms with Crippen LogP contribution in [0.1, 0.15) is 26.2 Å². The van der Waals surface area contributed by atoms with Gasteiger partial charge in [-0.2, -0.15) is 0 Å². The highest BCUT2D eigenvalue weighted by molar-refractivity contribution is 5.81. The Morgan fingerprint density at radius 2 is 2.00 bits per heavy atom. The quantitative estimate of drug-likeness (QED) is 0.293. The van der Waals surface area contributed by atoms with Crippen molar-refractivity contribution in [2.45, 2.75) is 32.0 Å². The molecule has 6 heteroatoms. The van der Waals surface area contributed by atoms with Gasteiger partial charge in [-0.1, -0.05) is 19.9 Å². The Hall–Kier alpha value is -1.40. The van der Waals surface area contributed by atoms with Crippen LogP contribution in [0.4, 0.5) is 0 Å². The molecule has 0 spiro atoms. The van der Waals surface area contributed by atoms with E-state index in [4.69, 9.17) is 0 Å². The number of hydrogen-bond acceptors (Lipinski definition) is 6. The molecule has 0 heterocycles. The van der Waals surface area contributed by atoms with E-state index < -0.39 is 24.1 Å². The second-order valence-corrected chi connectivity index (χ2v) is 2.97. The van der Waals surface area contributed by atoms with Crippen molar-refractivity contribution < 1.29 is 29.6 Å². The van der Waals surface area contributed by atoms with Crippen LogP contribution >= 0.6 is 0 Å². The summed E-state index contributed by atoms with van der Waals surface area (Å²) in [4.78, 5) is 29.3. The summed E-state index contributed by atoms with van der Waals surface area (Å²) < 4.78 is 0. The molecule has 2 N–H and O–H groups in total. The van der Waals surface area contributed by atoms with Gasteiger partial charge in [0.25, 0.3) is 0 Å². The van der Waals surface area contributed by atoms with Crippen LogP contribution in [-0.4, -0.2) is 27.9 Å². The van der Waals surface area contributed by atoms with E-state index in [0.29, 0.717) is 6.42 Å². The van der Waals surface area contributed by atoms with Crippen molar-refractivity contribution in [3.8, 4) is 0 Å². The second-order valence-electron chi connectivity index (χ2n) is 2.97. The van der Waals surface area contributed by atoms with Crippen LogP contribution in [0.5, 0.6) is 0 Å². The average molecular weight is 218 g/mol. The number of rotatable bonds is 5.